The fourth-order valence-corrected chi connectivity index (χ4v) is 2.38. The van der Waals surface area contributed by atoms with Crippen LogP contribution in [0.4, 0.5) is 4.79 Å². The highest BCUT2D eigenvalue weighted by Gasteiger charge is 2.29. The first-order valence-corrected chi connectivity index (χ1v) is 6.86. The minimum Gasteiger partial charge on any atom is -0.461 e. The number of isocyanates is 1. The Morgan fingerprint density at radius 3 is 2.95 bits per heavy atom. The van der Waals surface area contributed by atoms with E-state index in [9.17, 15) is 14.4 Å². The Morgan fingerprint density at radius 1 is 1.50 bits per heavy atom. The molecular weight excluding hydrogens is 290 g/mol. The van der Waals surface area contributed by atoms with Crippen molar-refractivity contribution < 1.29 is 19.1 Å². The molecule has 22 heavy (non-hydrogen) atoms. The maximum Gasteiger partial charge on any atom is 0.356 e. The van der Waals surface area contributed by atoms with Crippen LogP contribution in [0.15, 0.2) is 4.99 Å². The summed E-state index contributed by atoms with van der Waals surface area (Å²) in [5.74, 6) is -0.452. The van der Waals surface area contributed by atoms with Crippen molar-refractivity contribution in [3.63, 3.8) is 0 Å². The van der Waals surface area contributed by atoms with E-state index in [0.717, 1.165) is 5.69 Å². The highest BCUT2D eigenvalue weighted by Crippen LogP contribution is 2.22. The number of esters is 1. The predicted molar refractivity (Wildman–Crippen MR) is 74.8 cm³/mol. The van der Waals surface area contributed by atoms with Gasteiger partial charge in [0, 0.05) is 25.6 Å². The van der Waals surface area contributed by atoms with Gasteiger partial charge in [0.2, 0.25) is 6.08 Å². The number of aromatic nitrogens is 2. The number of ether oxygens (including phenoxy) is 1. The predicted octanol–water partition coefficient (Wildman–Crippen LogP) is -0.0422. The van der Waals surface area contributed by atoms with Gasteiger partial charge in [-0.05, 0) is 6.92 Å². The summed E-state index contributed by atoms with van der Waals surface area (Å²) < 4.78 is 6.52. The van der Waals surface area contributed by atoms with Crippen LogP contribution in [0.1, 0.15) is 28.7 Å². The van der Waals surface area contributed by atoms with Crippen molar-refractivity contribution in [1.82, 2.24) is 20.0 Å². The Kier molecular flexibility index (Phi) is 4.90. The molecule has 0 aromatic carbocycles. The first-order chi connectivity index (χ1) is 10.6. The average Bonchev–Trinajstić information content (AvgIpc) is 2.82. The SMILES string of the molecule is CCOC(=O)c1c2c(nn1C)CCN(C(=O)NCN=C=O)C2. The molecule has 2 amide bonds. The maximum atomic E-state index is 12.0. The third-order valence-corrected chi connectivity index (χ3v) is 3.33. The molecule has 0 fully saturated rings. The second kappa shape index (κ2) is 6.86. The number of fused-ring (bicyclic) bond motifs is 1. The van der Waals surface area contributed by atoms with Crippen LogP contribution in [0, 0.1) is 0 Å². The Hall–Kier alpha value is -2.67. The quantitative estimate of drug-likeness (QED) is 0.477. The van der Waals surface area contributed by atoms with Crippen molar-refractivity contribution in [3.05, 3.63) is 17.0 Å². The summed E-state index contributed by atoms with van der Waals surface area (Å²) in [4.78, 5) is 38.8. The zero-order chi connectivity index (χ0) is 16.1. The van der Waals surface area contributed by atoms with Crippen LogP contribution < -0.4 is 5.32 Å². The van der Waals surface area contributed by atoms with Crippen molar-refractivity contribution in [3.8, 4) is 0 Å². The molecule has 2 rings (SSSR count). The molecular formula is C13H17N5O4. The Bertz CT molecular complexity index is 633. The number of hydrogen-bond donors (Lipinski definition) is 1. The third kappa shape index (κ3) is 3.15. The Balaban J connectivity index is 2.16. The highest BCUT2D eigenvalue weighted by molar-refractivity contribution is 5.90. The van der Waals surface area contributed by atoms with Gasteiger partial charge in [-0.15, -0.1) is 0 Å². The van der Waals surface area contributed by atoms with Gasteiger partial charge in [0.25, 0.3) is 0 Å². The van der Waals surface area contributed by atoms with Crippen LogP contribution in [0.2, 0.25) is 0 Å². The van der Waals surface area contributed by atoms with E-state index in [1.54, 1.807) is 14.0 Å². The zero-order valence-corrected chi connectivity index (χ0v) is 12.5. The molecule has 1 N–H and O–H groups in total. The molecule has 0 spiro atoms. The summed E-state index contributed by atoms with van der Waals surface area (Å²) in [6.45, 7) is 2.61. The third-order valence-electron chi connectivity index (χ3n) is 3.33. The Morgan fingerprint density at radius 2 is 2.27 bits per heavy atom. The van der Waals surface area contributed by atoms with Gasteiger partial charge in [0.05, 0.1) is 18.8 Å². The van der Waals surface area contributed by atoms with E-state index in [1.165, 1.54) is 15.7 Å². The lowest BCUT2D eigenvalue weighted by Crippen LogP contribution is -2.43. The zero-order valence-electron chi connectivity index (χ0n) is 12.5. The summed E-state index contributed by atoms with van der Waals surface area (Å²) in [5.41, 5.74) is 1.85. The highest BCUT2D eigenvalue weighted by atomic mass is 16.5. The van der Waals surface area contributed by atoms with Crippen LogP contribution in [-0.4, -0.2) is 52.6 Å². The number of hydrogen-bond acceptors (Lipinski definition) is 6. The minimum atomic E-state index is -0.452. The standard InChI is InChI=1S/C13H17N5O4/c1-3-22-12(20)11-9-6-18(13(21)15-7-14-8-19)5-4-10(9)16-17(11)2/h3-7H2,1-2H3,(H,15,21). The van der Waals surface area contributed by atoms with Crippen LogP contribution in [0.5, 0.6) is 0 Å². The van der Waals surface area contributed by atoms with Gasteiger partial charge < -0.3 is 15.0 Å². The van der Waals surface area contributed by atoms with E-state index < -0.39 is 5.97 Å². The lowest BCUT2D eigenvalue weighted by atomic mass is 10.1. The largest absolute Gasteiger partial charge is 0.461 e. The van der Waals surface area contributed by atoms with E-state index >= 15 is 0 Å². The van der Waals surface area contributed by atoms with E-state index in [-0.39, 0.29) is 25.9 Å². The van der Waals surface area contributed by atoms with Crippen LogP contribution in [0.3, 0.4) is 0 Å². The molecule has 0 bridgehead atoms. The van der Waals surface area contributed by atoms with E-state index in [0.29, 0.717) is 24.2 Å². The van der Waals surface area contributed by atoms with E-state index in [2.05, 4.69) is 15.4 Å². The molecule has 1 aliphatic rings. The normalized spacial score (nSPS) is 13.1. The lowest BCUT2D eigenvalue weighted by molar-refractivity contribution is 0.0511. The van der Waals surface area contributed by atoms with Gasteiger partial charge in [0.1, 0.15) is 6.67 Å². The smallest absolute Gasteiger partial charge is 0.356 e. The molecule has 9 heteroatoms. The summed E-state index contributed by atoms with van der Waals surface area (Å²) in [6, 6.07) is -0.358. The number of aliphatic imine (C=N–C) groups is 1. The number of urea groups is 1. The number of rotatable bonds is 4. The van der Waals surface area contributed by atoms with Crippen LogP contribution in [-0.2, 0) is 29.5 Å². The van der Waals surface area contributed by atoms with Crippen molar-refractivity contribution in [2.75, 3.05) is 19.8 Å². The van der Waals surface area contributed by atoms with Gasteiger partial charge in [-0.25, -0.2) is 14.4 Å². The fraction of sp³-hybridized carbons (Fsp3) is 0.538. The van der Waals surface area contributed by atoms with E-state index in [4.69, 9.17) is 4.74 Å². The number of carbonyl (C=O) groups is 2. The van der Waals surface area contributed by atoms with Crippen molar-refractivity contribution in [1.29, 1.82) is 0 Å². The summed E-state index contributed by atoms with van der Waals surface area (Å²) >= 11 is 0. The summed E-state index contributed by atoms with van der Waals surface area (Å²) in [7, 11) is 1.67. The van der Waals surface area contributed by atoms with Gasteiger partial charge in [-0.1, -0.05) is 0 Å². The lowest BCUT2D eigenvalue weighted by Gasteiger charge is -2.26. The first-order valence-electron chi connectivity index (χ1n) is 6.86. The molecule has 0 radical (unpaired) electrons. The number of carbonyl (C=O) groups excluding carboxylic acids is 3. The monoisotopic (exact) mass is 307 g/mol. The van der Waals surface area contributed by atoms with Crippen molar-refractivity contribution in [2.24, 2.45) is 12.0 Å². The summed E-state index contributed by atoms with van der Waals surface area (Å²) in [5, 5.41) is 6.79. The number of aryl methyl sites for hydroxylation is 1. The second-order valence-electron chi connectivity index (χ2n) is 4.68. The number of amides is 2. The minimum absolute atomic E-state index is 0.122. The molecule has 0 unspecified atom stereocenters. The van der Waals surface area contributed by atoms with Crippen molar-refractivity contribution >= 4 is 18.1 Å². The molecule has 1 aromatic heterocycles. The van der Waals surface area contributed by atoms with Gasteiger partial charge >= 0.3 is 12.0 Å². The van der Waals surface area contributed by atoms with Crippen molar-refractivity contribution in [2.45, 2.75) is 19.9 Å². The van der Waals surface area contributed by atoms with Crippen LogP contribution >= 0.6 is 0 Å². The molecule has 0 saturated carbocycles. The van der Waals surface area contributed by atoms with Gasteiger partial charge in [0.15, 0.2) is 5.69 Å². The molecule has 1 aromatic rings. The topological polar surface area (TPSA) is 106 Å². The Labute approximate surface area is 126 Å². The molecule has 0 saturated heterocycles. The summed E-state index contributed by atoms with van der Waals surface area (Å²) in [6.07, 6.45) is 1.90. The van der Waals surface area contributed by atoms with Gasteiger partial charge in [-0.2, -0.15) is 10.1 Å². The molecule has 0 aliphatic carbocycles. The molecule has 2 heterocycles. The molecule has 9 nitrogen and oxygen atoms in total. The number of nitrogens with zero attached hydrogens (tertiary/aromatic N) is 4. The van der Waals surface area contributed by atoms with E-state index in [1.807, 2.05) is 0 Å². The first kappa shape index (κ1) is 15.7. The fourth-order valence-electron chi connectivity index (χ4n) is 2.38. The van der Waals surface area contributed by atoms with Gasteiger partial charge in [-0.3, -0.25) is 4.68 Å². The van der Waals surface area contributed by atoms with Crippen LogP contribution in [0.25, 0.3) is 0 Å². The molecule has 118 valence electrons. The molecule has 1 aliphatic heterocycles. The average molecular weight is 307 g/mol. The second-order valence-corrected chi connectivity index (χ2v) is 4.68. The molecule has 0 atom stereocenters. The maximum absolute atomic E-state index is 12.0. The number of nitrogens with one attached hydrogen (secondary N) is 1.